The largest absolute Gasteiger partial charge is 0.497 e. The van der Waals surface area contributed by atoms with Crippen LogP contribution in [0.2, 0.25) is 0 Å². The molecule has 312 valence electrons. The van der Waals surface area contributed by atoms with Gasteiger partial charge >= 0.3 is 12.1 Å². The van der Waals surface area contributed by atoms with Crippen molar-refractivity contribution in [3.05, 3.63) is 42.3 Å². The van der Waals surface area contributed by atoms with Crippen molar-refractivity contribution in [3.63, 3.8) is 0 Å². The average molecular weight is 819 g/mol. The van der Waals surface area contributed by atoms with Gasteiger partial charge in [-0.15, -0.1) is 17.9 Å². The molecule has 3 heterocycles. The van der Waals surface area contributed by atoms with Gasteiger partial charge in [0, 0.05) is 40.7 Å². The van der Waals surface area contributed by atoms with Crippen LogP contribution in [0.1, 0.15) is 80.1 Å². The Labute approximate surface area is 342 Å². The molecule has 58 heavy (non-hydrogen) atoms. The number of thiazole rings is 1. The monoisotopic (exact) mass is 818 g/mol. The molecule has 3 aliphatic rings. The lowest BCUT2D eigenvalue weighted by Gasteiger charge is -2.35. The number of methoxy groups -OCH3 is 2. The average Bonchev–Trinajstić information content (AvgIpc) is 3.60. The molecule has 0 spiro atoms. The molecule has 1 saturated heterocycles. The van der Waals surface area contributed by atoms with Crippen LogP contribution in [0.3, 0.4) is 0 Å². The first kappa shape index (κ1) is 42.4. The molecule has 0 radical (unpaired) electrons. The highest BCUT2D eigenvalue weighted by Crippen LogP contribution is 2.46. The quantitative estimate of drug-likeness (QED) is 0.143. The van der Waals surface area contributed by atoms with Gasteiger partial charge in [0.25, 0.3) is 0 Å². The Balaban J connectivity index is 1.33. The molecule has 3 aromatic rings. The van der Waals surface area contributed by atoms with E-state index in [0.717, 1.165) is 25.7 Å². The van der Waals surface area contributed by atoms with E-state index in [4.69, 9.17) is 23.9 Å². The molecule has 0 bridgehead atoms. The highest BCUT2D eigenvalue weighted by Gasteiger charge is 2.62. The third kappa shape index (κ3) is 9.06. The maximum Gasteiger partial charge on any atom is 0.408 e. The van der Waals surface area contributed by atoms with E-state index in [1.54, 1.807) is 36.8 Å². The van der Waals surface area contributed by atoms with Crippen LogP contribution in [0.15, 0.2) is 42.3 Å². The topological polar surface area (TPSA) is 187 Å². The second-order valence-electron chi connectivity index (χ2n) is 17.4. The number of esters is 1. The minimum Gasteiger partial charge on any atom is -0.497 e. The van der Waals surface area contributed by atoms with E-state index in [9.17, 15) is 24.0 Å². The molecule has 1 aliphatic heterocycles. The van der Waals surface area contributed by atoms with Crippen molar-refractivity contribution < 1.29 is 42.9 Å². The van der Waals surface area contributed by atoms with Crippen LogP contribution in [0.5, 0.6) is 11.5 Å². The number of hydrogen-bond acceptors (Lipinski definition) is 12. The smallest absolute Gasteiger partial charge is 0.408 e. The zero-order chi connectivity index (χ0) is 42.2. The molecule has 3 fully saturated rings. The number of likely N-dealkylation sites (tertiary alicyclic amines) is 1. The summed E-state index contributed by atoms with van der Waals surface area (Å²) in [5.41, 5.74) is -1.20. The van der Waals surface area contributed by atoms with E-state index in [-0.39, 0.29) is 30.9 Å². The normalized spacial score (nSPS) is 22.5. The first-order valence-corrected chi connectivity index (χ1v) is 20.5. The molecule has 6 rings (SSSR count). The van der Waals surface area contributed by atoms with Gasteiger partial charge in [-0.05, 0) is 49.7 Å². The number of pyridine rings is 1. The van der Waals surface area contributed by atoms with Crippen molar-refractivity contribution in [3.8, 4) is 22.9 Å². The molecule has 5 atom stereocenters. The summed E-state index contributed by atoms with van der Waals surface area (Å²) in [7, 11) is 2.81. The maximum absolute atomic E-state index is 14.7. The zero-order valence-electron chi connectivity index (χ0n) is 34.4. The Bertz CT molecular complexity index is 2080. The number of fused-ring (bicyclic) bond motifs is 1. The number of rotatable bonds is 12. The van der Waals surface area contributed by atoms with Gasteiger partial charge in [-0.25, -0.2) is 19.6 Å². The fraction of sp³-hybridized carbons (Fsp3) is 0.548. The van der Waals surface area contributed by atoms with Crippen LogP contribution in [0.25, 0.3) is 22.3 Å². The molecule has 15 nitrogen and oxygen atoms in total. The summed E-state index contributed by atoms with van der Waals surface area (Å²) < 4.78 is 23.0. The summed E-state index contributed by atoms with van der Waals surface area (Å²) >= 11 is 1.26. The van der Waals surface area contributed by atoms with Crippen LogP contribution >= 0.6 is 11.3 Å². The van der Waals surface area contributed by atoms with Gasteiger partial charge in [-0.3, -0.25) is 14.4 Å². The molecule has 2 aliphatic carbocycles. The summed E-state index contributed by atoms with van der Waals surface area (Å²) in [6.45, 7) is 14.7. The lowest BCUT2D eigenvalue weighted by Crippen LogP contribution is -2.59. The van der Waals surface area contributed by atoms with Crippen LogP contribution in [-0.4, -0.2) is 95.2 Å². The summed E-state index contributed by atoms with van der Waals surface area (Å²) in [6, 6.07) is 4.96. The number of hydrogen-bond donors (Lipinski definition) is 3. The van der Waals surface area contributed by atoms with E-state index in [2.05, 4.69) is 27.5 Å². The molecule has 1 aromatic carbocycles. The van der Waals surface area contributed by atoms with Crippen molar-refractivity contribution >= 4 is 57.2 Å². The summed E-state index contributed by atoms with van der Waals surface area (Å²) in [5, 5.41) is 11.4. The van der Waals surface area contributed by atoms with E-state index >= 15 is 0 Å². The van der Waals surface area contributed by atoms with Crippen LogP contribution < -0.4 is 25.4 Å². The zero-order valence-corrected chi connectivity index (χ0v) is 35.2. The molecule has 16 heteroatoms. The number of alkyl carbamates (subject to hydrolysis) is 1. The predicted molar refractivity (Wildman–Crippen MR) is 218 cm³/mol. The van der Waals surface area contributed by atoms with Crippen molar-refractivity contribution in [2.75, 3.05) is 26.1 Å². The summed E-state index contributed by atoms with van der Waals surface area (Å²) in [5.74, 6) is -1.20. The Kier molecular flexibility index (Phi) is 12.1. The first-order chi connectivity index (χ1) is 27.4. The van der Waals surface area contributed by atoms with Gasteiger partial charge in [0.1, 0.15) is 47.0 Å². The van der Waals surface area contributed by atoms with Gasteiger partial charge in [-0.1, -0.05) is 47.6 Å². The third-order valence-corrected chi connectivity index (χ3v) is 11.7. The highest BCUT2D eigenvalue weighted by atomic mass is 32.1. The minimum atomic E-state index is -1.30. The highest BCUT2D eigenvalue weighted by molar-refractivity contribution is 7.14. The van der Waals surface area contributed by atoms with Crippen LogP contribution in [0, 0.1) is 16.7 Å². The number of ether oxygens (including phenoxy) is 4. The standard InChI is InChI=1S/C42H54N6O9S/c1-10-23-20-42(23,37(52)55-9)47-34(49)31-18-26(21-48(31)35(50)33(40(2,3)4)45-39(53)57-24-13-11-12-14-24)56-32-19-29(43-28-17-25(54-8)15-16-27(28)32)30-22-58-38(44-30)46-36(51)41(5,6)7/h10,15-17,19,22-24,26,31,33H,1,11-14,18,20-21H2,2-9H3,(H,45,53)(H,47,49)(H,44,46,51). The Morgan fingerprint density at radius 1 is 1.00 bits per heavy atom. The van der Waals surface area contributed by atoms with Gasteiger partial charge in [0.15, 0.2) is 5.13 Å². The summed E-state index contributed by atoms with van der Waals surface area (Å²) in [4.78, 5) is 78.7. The van der Waals surface area contributed by atoms with Crippen LogP contribution in [0.4, 0.5) is 9.93 Å². The fourth-order valence-electron chi connectivity index (χ4n) is 7.43. The molecule has 2 saturated carbocycles. The second kappa shape index (κ2) is 16.5. The number of nitrogens with one attached hydrogen (secondary N) is 3. The van der Waals surface area contributed by atoms with Crippen molar-refractivity contribution in [1.82, 2.24) is 25.5 Å². The number of amides is 4. The van der Waals surface area contributed by atoms with Crippen molar-refractivity contribution in [2.45, 2.75) is 110 Å². The van der Waals surface area contributed by atoms with Crippen LogP contribution in [-0.2, 0) is 28.7 Å². The number of benzene rings is 1. The van der Waals surface area contributed by atoms with Gasteiger partial charge < -0.3 is 39.8 Å². The fourth-order valence-corrected chi connectivity index (χ4v) is 8.13. The van der Waals surface area contributed by atoms with Gasteiger partial charge in [0.2, 0.25) is 17.7 Å². The van der Waals surface area contributed by atoms with Gasteiger partial charge in [-0.2, -0.15) is 0 Å². The maximum atomic E-state index is 14.7. The lowest BCUT2D eigenvalue weighted by atomic mass is 9.85. The van der Waals surface area contributed by atoms with Gasteiger partial charge in [0.05, 0.1) is 32.0 Å². The molecular weight excluding hydrogens is 765 g/mol. The summed E-state index contributed by atoms with van der Waals surface area (Å²) in [6.07, 6.45) is 3.79. The third-order valence-electron chi connectivity index (χ3n) is 10.9. The molecular formula is C42H54N6O9S. The number of carbonyl (C=O) groups excluding carboxylic acids is 5. The number of anilines is 1. The first-order valence-electron chi connectivity index (χ1n) is 19.6. The lowest BCUT2D eigenvalue weighted by molar-refractivity contribution is -0.148. The number of carbonyl (C=O) groups is 5. The Hall–Kier alpha value is -5.25. The van der Waals surface area contributed by atoms with Crippen molar-refractivity contribution in [2.24, 2.45) is 16.7 Å². The minimum absolute atomic E-state index is 0.0199. The molecule has 2 aromatic heterocycles. The Morgan fingerprint density at radius 2 is 1.72 bits per heavy atom. The molecule has 4 amide bonds. The Morgan fingerprint density at radius 3 is 2.34 bits per heavy atom. The molecule has 3 N–H and O–H groups in total. The predicted octanol–water partition coefficient (Wildman–Crippen LogP) is 6.02. The number of nitrogens with zero attached hydrogens (tertiary/aromatic N) is 3. The van der Waals surface area contributed by atoms with E-state index < -0.39 is 58.4 Å². The van der Waals surface area contributed by atoms with Crippen molar-refractivity contribution in [1.29, 1.82) is 0 Å². The number of aromatic nitrogens is 2. The van der Waals surface area contributed by atoms with E-state index in [1.807, 2.05) is 47.6 Å². The SMILES string of the molecule is C=CC1CC1(NC(=O)C1CC(Oc2cc(-c3csc(NC(=O)C(C)(C)C)n3)nc3cc(OC)ccc23)CN1C(=O)C(NC(=O)OC1CCCC1)C(C)(C)C)C(=O)OC. The van der Waals surface area contributed by atoms with E-state index in [0.29, 0.717) is 45.3 Å². The second-order valence-corrected chi connectivity index (χ2v) is 18.2. The van der Waals surface area contributed by atoms with E-state index in [1.165, 1.54) is 23.3 Å². The molecule has 5 unspecified atom stereocenters.